The molecule has 25 heavy (non-hydrogen) atoms. The van der Waals surface area contributed by atoms with E-state index in [1.807, 2.05) is 6.92 Å². The van der Waals surface area contributed by atoms with Crippen molar-refractivity contribution in [2.75, 3.05) is 0 Å². The maximum absolute atomic E-state index is 12.3. The normalized spacial score (nSPS) is 15.9. The van der Waals surface area contributed by atoms with Crippen LogP contribution in [0.25, 0.3) is 0 Å². The molecule has 0 radical (unpaired) electrons. The van der Waals surface area contributed by atoms with Crippen molar-refractivity contribution in [1.82, 2.24) is 0 Å². The number of ether oxygens (including phenoxy) is 1. The Morgan fingerprint density at radius 3 is 1.52 bits per heavy atom. The maximum atomic E-state index is 12.3. The van der Waals surface area contributed by atoms with E-state index in [0.717, 1.165) is 12.8 Å². The van der Waals surface area contributed by atoms with Gasteiger partial charge in [0.1, 0.15) is 5.60 Å². The molecule has 0 aromatic rings. The minimum Gasteiger partial charge on any atom is -0.459 e. The van der Waals surface area contributed by atoms with Crippen molar-refractivity contribution >= 4 is 35.4 Å². The molecule has 0 aliphatic rings. The Morgan fingerprint density at radius 2 is 1.24 bits per heavy atom. The van der Waals surface area contributed by atoms with Crippen molar-refractivity contribution < 1.29 is 9.53 Å². The lowest BCUT2D eigenvalue weighted by atomic mass is 10.1. The van der Waals surface area contributed by atoms with Gasteiger partial charge in [-0.3, -0.25) is 4.79 Å². The first-order valence-electron chi connectivity index (χ1n) is 10.1. The van der Waals surface area contributed by atoms with Gasteiger partial charge in [-0.05, 0) is 26.7 Å². The molecule has 0 aromatic heterocycles. The monoisotopic (exact) mass is 418 g/mol. The third-order valence-electron chi connectivity index (χ3n) is 6.33. The minimum absolute atomic E-state index is 0.00671. The first-order valence-corrected chi connectivity index (χ1v) is 25.8. The van der Waals surface area contributed by atoms with Crippen LogP contribution in [0, 0.1) is 5.92 Å². The van der Waals surface area contributed by atoms with E-state index < -0.39 is 29.4 Å². The average Bonchev–Trinajstić information content (AvgIpc) is 2.32. The molecule has 0 aromatic carbocycles. The Bertz CT molecular complexity index is 417. The quantitative estimate of drug-likeness (QED) is 0.318. The van der Waals surface area contributed by atoms with Crippen molar-refractivity contribution in [2.45, 2.75) is 111 Å². The summed E-state index contributed by atoms with van der Waals surface area (Å²) >= 11 is 0. The first kappa shape index (κ1) is 25.3. The van der Waals surface area contributed by atoms with Gasteiger partial charge in [-0.15, -0.1) is 0 Å². The van der Waals surface area contributed by atoms with Crippen LogP contribution in [0.5, 0.6) is 0 Å². The third-order valence-corrected chi connectivity index (χ3v) is 80.8. The molecule has 0 bridgehead atoms. The number of hydrogen-bond acceptors (Lipinski definition) is 2. The molecular formula is C19H46O2Si4. The highest BCUT2D eigenvalue weighted by molar-refractivity contribution is 7.89. The van der Waals surface area contributed by atoms with Crippen molar-refractivity contribution in [2.24, 2.45) is 5.92 Å². The summed E-state index contributed by atoms with van der Waals surface area (Å²) < 4.78 is 5.95. The molecule has 0 spiro atoms. The summed E-state index contributed by atoms with van der Waals surface area (Å²) in [6.45, 7) is 30.6. The highest BCUT2D eigenvalue weighted by Gasteiger charge is 2.61. The molecule has 0 saturated heterocycles. The van der Waals surface area contributed by atoms with Gasteiger partial charge in [0.25, 0.3) is 0 Å². The minimum atomic E-state index is -1.37. The third kappa shape index (κ3) is 5.91. The highest BCUT2D eigenvalue weighted by atomic mass is 29.9. The number of rotatable bonds is 9. The zero-order chi connectivity index (χ0) is 20.5. The topological polar surface area (TPSA) is 26.3 Å². The predicted octanol–water partition coefficient (Wildman–Crippen LogP) is 6.44. The van der Waals surface area contributed by atoms with Crippen molar-refractivity contribution in [3.05, 3.63) is 0 Å². The van der Waals surface area contributed by atoms with Gasteiger partial charge >= 0.3 is 5.97 Å². The van der Waals surface area contributed by atoms with Crippen LogP contribution in [0.15, 0.2) is 0 Å². The Balaban J connectivity index is 5.68. The van der Waals surface area contributed by atoms with Crippen LogP contribution < -0.4 is 0 Å². The van der Waals surface area contributed by atoms with E-state index in [2.05, 4.69) is 79.7 Å². The molecule has 0 heterocycles. The molecule has 6 heteroatoms. The zero-order valence-electron chi connectivity index (χ0n) is 19.5. The van der Waals surface area contributed by atoms with Crippen LogP contribution in [-0.4, -0.2) is 41.0 Å². The summed E-state index contributed by atoms with van der Waals surface area (Å²) in [7, 11) is -3.76. The van der Waals surface area contributed by atoms with Gasteiger partial charge in [-0.1, -0.05) is 78.8 Å². The standard InChI is InChI=1S/C19H46O2Si4/c1-14-17(2)18(20)21-19(3,4)15-16-25(22(5,6)7,23(8,9)10)24(11,12)13/h17H,14-16H2,1-13H3. The Morgan fingerprint density at radius 1 is 0.880 bits per heavy atom. The molecule has 0 N–H and O–H groups in total. The Labute approximate surface area is 161 Å². The Kier molecular flexibility index (Phi) is 8.26. The summed E-state index contributed by atoms with van der Waals surface area (Å²) in [5.41, 5.74) is -0.336. The molecule has 1 atom stereocenters. The molecule has 150 valence electrons. The predicted molar refractivity (Wildman–Crippen MR) is 125 cm³/mol. The van der Waals surface area contributed by atoms with E-state index in [1.54, 1.807) is 0 Å². The van der Waals surface area contributed by atoms with E-state index in [-0.39, 0.29) is 17.5 Å². The SMILES string of the molecule is CCC(C)C(=O)OC(C)(C)CC[Si]([Si](C)(C)C)([Si](C)(C)C)[Si](C)(C)C. The fourth-order valence-electron chi connectivity index (χ4n) is 5.58. The van der Waals surface area contributed by atoms with Gasteiger partial charge in [-0.25, -0.2) is 0 Å². The second kappa shape index (κ2) is 8.15. The highest BCUT2D eigenvalue weighted by Crippen LogP contribution is 2.42. The number of hydrogen-bond donors (Lipinski definition) is 0. The maximum Gasteiger partial charge on any atom is 0.309 e. The number of esters is 1. The van der Waals surface area contributed by atoms with E-state index in [4.69, 9.17) is 4.74 Å². The molecule has 0 fully saturated rings. The smallest absolute Gasteiger partial charge is 0.309 e. The van der Waals surface area contributed by atoms with Crippen LogP contribution in [-0.2, 0) is 9.53 Å². The van der Waals surface area contributed by atoms with Gasteiger partial charge in [-0.2, -0.15) is 0 Å². The van der Waals surface area contributed by atoms with E-state index in [1.165, 1.54) is 6.04 Å². The van der Waals surface area contributed by atoms with E-state index in [9.17, 15) is 4.79 Å². The van der Waals surface area contributed by atoms with Crippen LogP contribution >= 0.6 is 0 Å². The molecule has 0 rings (SSSR count). The van der Waals surface area contributed by atoms with E-state index >= 15 is 0 Å². The largest absolute Gasteiger partial charge is 0.459 e. The summed E-state index contributed by atoms with van der Waals surface area (Å²) in [5, 5.41) is 0. The molecule has 0 aliphatic carbocycles. The lowest BCUT2D eigenvalue weighted by Crippen LogP contribution is -2.82. The van der Waals surface area contributed by atoms with Crippen LogP contribution in [0.1, 0.15) is 40.5 Å². The molecular weight excluding hydrogens is 373 g/mol. The fourth-order valence-corrected chi connectivity index (χ4v) is 104. The zero-order valence-corrected chi connectivity index (χ0v) is 23.5. The van der Waals surface area contributed by atoms with E-state index in [0.29, 0.717) is 0 Å². The van der Waals surface area contributed by atoms with Crippen molar-refractivity contribution in [1.29, 1.82) is 0 Å². The molecule has 0 saturated carbocycles. The number of carbonyl (C=O) groups excluding carboxylic acids is 1. The van der Waals surface area contributed by atoms with Crippen LogP contribution in [0.3, 0.4) is 0 Å². The van der Waals surface area contributed by atoms with Gasteiger partial charge in [0.15, 0.2) is 0 Å². The second-order valence-corrected chi connectivity index (χ2v) is 53.1. The van der Waals surface area contributed by atoms with Crippen LogP contribution in [0.2, 0.25) is 65.0 Å². The molecule has 0 amide bonds. The van der Waals surface area contributed by atoms with Crippen molar-refractivity contribution in [3.63, 3.8) is 0 Å². The molecule has 1 unspecified atom stereocenters. The average molecular weight is 419 g/mol. The first-order chi connectivity index (χ1) is 10.8. The molecule has 0 aliphatic heterocycles. The summed E-state index contributed by atoms with van der Waals surface area (Å²) in [4.78, 5) is 12.3. The molecule has 2 nitrogen and oxygen atoms in total. The Hall–Kier alpha value is 0.338. The second-order valence-electron chi connectivity index (χ2n) is 11.6. The van der Waals surface area contributed by atoms with Crippen LogP contribution in [0.4, 0.5) is 0 Å². The van der Waals surface area contributed by atoms with Crippen molar-refractivity contribution in [3.8, 4) is 0 Å². The lowest BCUT2D eigenvalue weighted by molar-refractivity contribution is -0.161. The van der Waals surface area contributed by atoms with Gasteiger partial charge in [0.05, 0.1) is 5.92 Å². The summed E-state index contributed by atoms with van der Waals surface area (Å²) in [5.74, 6) is -0.0129. The lowest BCUT2D eigenvalue weighted by Gasteiger charge is -2.58. The summed E-state index contributed by atoms with van der Waals surface area (Å²) in [6.07, 6.45) is 1.90. The van der Waals surface area contributed by atoms with Gasteiger partial charge in [0.2, 0.25) is 0 Å². The fraction of sp³-hybridized carbons (Fsp3) is 0.947. The van der Waals surface area contributed by atoms with Gasteiger partial charge < -0.3 is 4.74 Å². The number of carbonyl (C=O) groups is 1. The van der Waals surface area contributed by atoms with Gasteiger partial charge in [0, 0.05) is 29.4 Å². The summed E-state index contributed by atoms with van der Waals surface area (Å²) in [6, 6.07) is 1.36.